The molecule has 0 bridgehead atoms. The van der Waals surface area contributed by atoms with Gasteiger partial charge in [0.2, 0.25) is 11.8 Å². The second-order valence-electron chi connectivity index (χ2n) is 4.74. The van der Waals surface area contributed by atoms with Crippen molar-refractivity contribution in [3.63, 3.8) is 0 Å². The van der Waals surface area contributed by atoms with Crippen molar-refractivity contribution in [1.29, 1.82) is 0 Å². The average Bonchev–Trinajstić information content (AvgIpc) is 3.02. The van der Waals surface area contributed by atoms with Gasteiger partial charge in [-0.2, -0.15) is 0 Å². The number of carbonyl (C=O) groups excluding carboxylic acids is 2. The minimum absolute atomic E-state index is 0.0488. The molecule has 1 aromatic carbocycles. The Labute approximate surface area is 110 Å². The molecule has 2 heterocycles. The van der Waals surface area contributed by atoms with Gasteiger partial charge in [-0.15, -0.1) is 0 Å². The first kappa shape index (κ1) is 11.8. The van der Waals surface area contributed by atoms with Gasteiger partial charge in [-0.3, -0.25) is 9.59 Å². The molecule has 0 radical (unpaired) electrons. The van der Waals surface area contributed by atoms with Crippen molar-refractivity contribution in [3.05, 3.63) is 36.0 Å². The standard InChI is InChI=1S/C14H15N3O2/c18-13-6-5-12(17-13)14(19)16-8-9-7-15-11-4-2-1-3-10(9)11/h1-4,7,12,15H,5-6,8H2,(H,16,19)(H,17,18). The number of hydrogen-bond donors (Lipinski definition) is 3. The first-order chi connectivity index (χ1) is 9.24. The molecule has 0 saturated carbocycles. The van der Waals surface area contributed by atoms with Gasteiger partial charge >= 0.3 is 0 Å². The predicted molar refractivity (Wildman–Crippen MR) is 71.3 cm³/mol. The van der Waals surface area contributed by atoms with Crippen LogP contribution in [0.1, 0.15) is 18.4 Å². The third-order valence-corrected chi connectivity index (χ3v) is 3.44. The first-order valence-corrected chi connectivity index (χ1v) is 6.36. The first-order valence-electron chi connectivity index (χ1n) is 6.36. The highest BCUT2D eigenvalue weighted by molar-refractivity contribution is 5.91. The Morgan fingerprint density at radius 2 is 2.21 bits per heavy atom. The number of para-hydroxylation sites is 1. The monoisotopic (exact) mass is 257 g/mol. The van der Waals surface area contributed by atoms with Crippen molar-refractivity contribution in [2.75, 3.05) is 0 Å². The zero-order valence-electron chi connectivity index (χ0n) is 10.4. The van der Waals surface area contributed by atoms with Crippen LogP contribution >= 0.6 is 0 Å². The maximum atomic E-state index is 11.9. The number of hydrogen-bond acceptors (Lipinski definition) is 2. The molecule has 5 heteroatoms. The van der Waals surface area contributed by atoms with Gasteiger partial charge in [0.1, 0.15) is 6.04 Å². The second kappa shape index (κ2) is 4.76. The lowest BCUT2D eigenvalue weighted by molar-refractivity contribution is -0.125. The van der Waals surface area contributed by atoms with Crippen molar-refractivity contribution < 1.29 is 9.59 Å². The fourth-order valence-electron chi connectivity index (χ4n) is 2.39. The van der Waals surface area contributed by atoms with E-state index in [-0.39, 0.29) is 17.9 Å². The summed E-state index contributed by atoms with van der Waals surface area (Å²) in [6, 6.07) is 7.58. The maximum absolute atomic E-state index is 11.9. The molecule has 2 aromatic rings. The smallest absolute Gasteiger partial charge is 0.242 e. The molecule has 1 unspecified atom stereocenters. The zero-order valence-corrected chi connectivity index (χ0v) is 10.4. The van der Waals surface area contributed by atoms with Crippen LogP contribution in [0, 0.1) is 0 Å². The van der Waals surface area contributed by atoms with E-state index in [4.69, 9.17) is 0 Å². The summed E-state index contributed by atoms with van der Waals surface area (Å²) in [6.07, 6.45) is 2.92. The lowest BCUT2D eigenvalue weighted by Gasteiger charge is -2.10. The van der Waals surface area contributed by atoms with Gasteiger partial charge in [0, 0.05) is 30.1 Å². The van der Waals surface area contributed by atoms with E-state index < -0.39 is 0 Å². The summed E-state index contributed by atoms with van der Waals surface area (Å²) < 4.78 is 0. The predicted octanol–water partition coefficient (Wildman–Crippen LogP) is 1.06. The molecule has 0 aliphatic carbocycles. The Bertz CT molecular complexity index is 632. The van der Waals surface area contributed by atoms with Crippen LogP contribution in [-0.4, -0.2) is 22.8 Å². The number of H-pyrrole nitrogens is 1. The molecule has 5 nitrogen and oxygen atoms in total. The number of fused-ring (bicyclic) bond motifs is 1. The van der Waals surface area contributed by atoms with Crippen LogP contribution in [-0.2, 0) is 16.1 Å². The van der Waals surface area contributed by atoms with Crippen molar-refractivity contribution in [2.24, 2.45) is 0 Å². The number of amides is 2. The van der Waals surface area contributed by atoms with Crippen LogP contribution < -0.4 is 10.6 Å². The third kappa shape index (κ3) is 2.31. The molecular weight excluding hydrogens is 242 g/mol. The molecule has 1 aromatic heterocycles. The molecule has 1 atom stereocenters. The molecule has 98 valence electrons. The molecule has 2 amide bonds. The normalized spacial score (nSPS) is 18.5. The van der Waals surface area contributed by atoms with Gasteiger partial charge in [0.25, 0.3) is 0 Å². The Morgan fingerprint density at radius 1 is 1.37 bits per heavy atom. The van der Waals surface area contributed by atoms with E-state index in [1.807, 2.05) is 30.5 Å². The van der Waals surface area contributed by atoms with E-state index >= 15 is 0 Å². The molecule has 3 rings (SSSR count). The van der Waals surface area contributed by atoms with E-state index in [0.717, 1.165) is 16.5 Å². The number of nitrogens with one attached hydrogen (secondary N) is 3. The van der Waals surface area contributed by atoms with Crippen LogP contribution in [0.5, 0.6) is 0 Å². The maximum Gasteiger partial charge on any atom is 0.242 e. The fourth-order valence-corrected chi connectivity index (χ4v) is 2.39. The summed E-state index contributed by atoms with van der Waals surface area (Å²) in [5.74, 6) is -0.164. The fraction of sp³-hybridized carbons (Fsp3) is 0.286. The summed E-state index contributed by atoms with van der Waals surface area (Å²) in [5, 5.41) is 6.64. The summed E-state index contributed by atoms with van der Waals surface area (Å²) in [6.45, 7) is 0.467. The lowest BCUT2D eigenvalue weighted by atomic mass is 10.1. The van der Waals surface area contributed by atoms with Gasteiger partial charge in [-0.25, -0.2) is 0 Å². The highest BCUT2D eigenvalue weighted by Crippen LogP contribution is 2.17. The number of aromatic amines is 1. The minimum Gasteiger partial charge on any atom is -0.361 e. The van der Waals surface area contributed by atoms with Crippen molar-refractivity contribution in [1.82, 2.24) is 15.6 Å². The molecule has 1 fully saturated rings. The Kier molecular flexibility index (Phi) is 2.95. The van der Waals surface area contributed by atoms with Crippen molar-refractivity contribution >= 4 is 22.7 Å². The second-order valence-corrected chi connectivity index (χ2v) is 4.74. The molecular formula is C14H15N3O2. The number of benzene rings is 1. The molecule has 0 spiro atoms. The van der Waals surface area contributed by atoms with Gasteiger partial charge in [0.15, 0.2) is 0 Å². The summed E-state index contributed by atoms with van der Waals surface area (Å²) >= 11 is 0. The Hall–Kier alpha value is -2.30. The average molecular weight is 257 g/mol. The van der Waals surface area contributed by atoms with Crippen LogP contribution in [0.15, 0.2) is 30.5 Å². The topological polar surface area (TPSA) is 74.0 Å². The Balaban J connectivity index is 1.66. The number of carbonyl (C=O) groups is 2. The van der Waals surface area contributed by atoms with Crippen LogP contribution in [0.3, 0.4) is 0 Å². The van der Waals surface area contributed by atoms with Crippen LogP contribution in [0.4, 0.5) is 0 Å². The molecule has 19 heavy (non-hydrogen) atoms. The van der Waals surface area contributed by atoms with Gasteiger partial charge in [0.05, 0.1) is 0 Å². The number of rotatable bonds is 3. The zero-order chi connectivity index (χ0) is 13.2. The highest BCUT2D eigenvalue weighted by atomic mass is 16.2. The van der Waals surface area contributed by atoms with Gasteiger partial charge in [-0.05, 0) is 18.1 Å². The molecule has 3 N–H and O–H groups in total. The molecule has 1 saturated heterocycles. The van der Waals surface area contributed by atoms with Crippen LogP contribution in [0.25, 0.3) is 10.9 Å². The summed E-state index contributed by atoms with van der Waals surface area (Å²) in [7, 11) is 0. The van der Waals surface area contributed by atoms with E-state index in [0.29, 0.717) is 19.4 Å². The Morgan fingerprint density at radius 3 is 3.00 bits per heavy atom. The lowest BCUT2D eigenvalue weighted by Crippen LogP contribution is -2.41. The molecule has 1 aliphatic heterocycles. The van der Waals surface area contributed by atoms with Gasteiger partial charge < -0.3 is 15.6 Å². The van der Waals surface area contributed by atoms with E-state index in [1.54, 1.807) is 0 Å². The molecule has 1 aliphatic rings. The summed E-state index contributed by atoms with van der Waals surface area (Å²) in [4.78, 5) is 26.1. The van der Waals surface area contributed by atoms with Gasteiger partial charge in [-0.1, -0.05) is 18.2 Å². The van der Waals surface area contributed by atoms with E-state index in [9.17, 15) is 9.59 Å². The highest BCUT2D eigenvalue weighted by Gasteiger charge is 2.26. The SMILES string of the molecule is O=C1CCC(C(=O)NCc2c[nH]c3ccccc23)N1. The van der Waals surface area contributed by atoms with Crippen molar-refractivity contribution in [2.45, 2.75) is 25.4 Å². The minimum atomic E-state index is -0.377. The van der Waals surface area contributed by atoms with E-state index in [1.165, 1.54) is 0 Å². The quantitative estimate of drug-likeness (QED) is 0.769. The number of aromatic nitrogens is 1. The van der Waals surface area contributed by atoms with Crippen molar-refractivity contribution in [3.8, 4) is 0 Å². The third-order valence-electron chi connectivity index (χ3n) is 3.44. The largest absolute Gasteiger partial charge is 0.361 e. The van der Waals surface area contributed by atoms with Crippen LogP contribution in [0.2, 0.25) is 0 Å². The van der Waals surface area contributed by atoms with E-state index in [2.05, 4.69) is 15.6 Å². The summed E-state index contributed by atoms with van der Waals surface area (Å²) in [5.41, 5.74) is 2.11.